The Labute approximate surface area is 615 Å². The standard InChI is InChI=1S/C78H72N10O20/c1-41(89)97-39-65-71(101-43(3)91)73(103-45(5)93)75(105-47(7)95)77(107-65)99-37-53-35-87(85-83-53)55-23-19-51(20-24-55)69-61-31-27-57(79-61)67(49-15-11-9-12-16-49)59-29-33-63(81-59)70(64-34-30-60(82-64)68(50-17-13-10-14-18-50)58-28-32-62(69)80-58)52-21-25-56(26-22-52)88-36-54(84-86-88)38-100-78-76(106-48(8)96)74(104-46(6)94)72(102-44(4)92)66(108-78)40-98-42(2)90/h9-36,65-66,71-79,82H,37-40H2,1-8H3/t65-,66-,71-,72-,73+,74+,75-,76-,77-,78-/m1/s1. The molecule has 2 saturated heterocycles. The fraction of sp³-hybridized carbons (Fsp3) is 0.282. The third-order valence-corrected chi connectivity index (χ3v) is 17.5. The number of fused-ring (bicyclic) bond motifs is 8. The lowest BCUT2D eigenvalue weighted by molar-refractivity contribution is -0.310. The summed E-state index contributed by atoms with van der Waals surface area (Å²) in [5.41, 5.74) is 14.3. The van der Waals surface area contributed by atoms with Crippen molar-refractivity contribution in [3.05, 3.63) is 180 Å². The van der Waals surface area contributed by atoms with Crippen molar-refractivity contribution in [3.63, 3.8) is 0 Å². The molecule has 13 rings (SSSR count). The van der Waals surface area contributed by atoms with E-state index in [2.05, 4.69) is 30.6 Å². The highest BCUT2D eigenvalue weighted by molar-refractivity contribution is 6.00. The topological polar surface area (TPSA) is 366 Å². The van der Waals surface area contributed by atoms with Gasteiger partial charge in [-0.1, -0.05) is 95.4 Å². The summed E-state index contributed by atoms with van der Waals surface area (Å²) in [4.78, 5) is 117. The van der Waals surface area contributed by atoms with Gasteiger partial charge in [-0.25, -0.2) is 19.3 Å². The van der Waals surface area contributed by atoms with E-state index in [1.165, 1.54) is 13.8 Å². The van der Waals surface area contributed by atoms with Crippen LogP contribution in [0.2, 0.25) is 0 Å². The summed E-state index contributed by atoms with van der Waals surface area (Å²) in [6, 6.07) is 43.5. The van der Waals surface area contributed by atoms with Crippen molar-refractivity contribution in [2.75, 3.05) is 13.2 Å². The minimum absolute atomic E-state index is 0.261. The Morgan fingerprint density at radius 2 is 0.657 bits per heavy atom. The first-order valence-corrected chi connectivity index (χ1v) is 34.2. The molecule has 4 aliphatic rings. The summed E-state index contributed by atoms with van der Waals surface area (Å²) in [5.74, 6) is -5.97. The van der Waals surface area contributed by atoms with Crippen LogP contribution in [0.3, 0.4) is 0 Å². The van der Waals surface area contributed by atoms with Crippen molar-refractivity contribution in [1.82, 2.24) is 49.9 Å². The Morgan fingerprint density at radius 3 is 0.963 bits per heavy atom. The molecule has 0 spiro atoms. The Bertz CT molecular complexity index is 4830. The maximum absolute atomic E-state index is 12.5. The molecule has 0 aliphatic carbocycles. The van der Waals surface area contributed by atoms with Crippen LogP contribution in [0.1, 0.15) is 89.6 Å². The number of carbonyl (C=O) groups excluding carboxylic acids is 8. The van der Waals surface area contributed by atoms with E-state index in [1.54, 1.807) is 21.8 Å². The number of ether oxygens (including phenoxy) is 12. The molecule has 0 saturated carbocycles. The molecule has 10 atom stereocenters. The average Bonchev–Trinajstić information content (AvgIpc) is 1.59. The highest BCUT2D eigenvalue weighted by Gasteiger charge is 2.54. The first-order chi connectivity index (χ1) is 52.1. The van der Waals surface area contributed by atoms with Crippen LogP contribution < -0.4 is 0 Å². The number of aromatic nitrogens is 10. The smallest absolute Gasteiger partial charge is 0.303 e. The molecule has 9 aromatic rings. The van der Waals surface area contributed by atoms with Crippen molar-refractivity contribution in [1.29, 1.82) is 0 Å². The van der Waals surface area contributed by atoms with E-state index in [4.69, 9.17) is 66.8 Å². The SMILES string of the molecule is CC(=O)OC[C@H]1O[C@@H](OCc2cn(-c3ccc(-c4c5nc(c(-c6ccccc6)c6ccc([nH]6)c(-c6ccc(-n7cc(CO[C@@H]8O[C@H](COC(C)=O)[C@@H](OC(C)=O)[C@H](OC(C)=O)[C@H]8OC(C)=O)nn7)cc6)c6nc(c(-c7ccccc7)c7ccc4[nH]7)C=C6)C=C5)cc3)nn2)[C@H](OC(C)=O)[C@@H](OC(C)=O)[C@@H]1OC(C)=O. The summed E-state index contributed by atoms with van der Waals surface area (Å²) < 4.78 is 71.5. The fourth-order valence-corrected chi connectivity index (χ4v) is 13.2. The lowest BCUT2D eigenvalue weighted by Gasteiger charge is -2.43. The van der Waals surface area contributed by atoms with Crippen molar-refractivity contribution in [2.24, 2.45) is 0 Å². The Morgan fingerprint density at radius 1 is 0.361 bits per heavy atom. The molecule has 8 bridgehead atoms. The maximum Gasteiger partial charge on any atom is 0.303 e. The number of H-pyrrole nitrogens is 2. The number of esters is 8. The normalized spacial score (nSPS) is 20.0. The van der Waals surface area contributed by atoms with Gasteiger partial charge in [0.25, 0.3) is 0 Å². The van der Waals surface area contributed by atoms with Crippen LogP contribution >= 0.6 is 0 Å². The van der Waals surface area contributed by atoms with Crippen LogP contribution in [0, 0.1) is 0 Å². The molecule has 0 amide bonds. The maximum atomic E-state index is 12.5. The van der Waals surface area contributed by atoms with Gasteiger partial charge in [0.05, 0.1) is 59.8 Å². The lowest BCUT2D eigenvalue weighted by atomic mass is 9.98. The van der Waals surface area contributed by atoms with E-state index in [-0.39, 0.29) is 13.2 Å². The van der Waals surface area contributed by atoms with Gasteiger partial charge in [-0.05, 0) is 95.1 Å². The quantitative estimate of drug-likeness (QED) is 0.0470. The number of hydrogen-bond acceptors (Lipinski definition) is 26. The van der Waals surface area contributed by atoms with Crippen LogP contribution in [0.25, 0.3) is 102 Å². The van der Waals surface area contributed by atoms with E-state index in [0.29, 0.717) is 45.5 Å². The minimum Gasteiger partial charge on any atom is -0.463 e. The van der Waals surface area contributed by atoms with Crippen molar-refractivity contribution >= 4 is 94.1 Å². The summed E-state index contributed by atoms with van der Waals surface area (Å²) in [5, 5.41) is 17.5. The second-order valence-corrected chi connectivity index (χ2v) is 25.4. The highest BCUT2D eigenvalue weighted by Crippen LogP contribution is 2.40. The lowest BCUT2D eigenvalue weighted by Crippen LogP contribution is -2.62. The molecule has 2 fully saturated rings. The van der Waals surface area contributed by atoms with Gasteiger partial charge in [0, 0.05) is 99.7 Å². The second kappa shape index (κ2) is 32.4. The Hall–Kier alpha value is -12.6. The van der Waals surface area contributed by atoms with Gasteiger partial charge in [-0.15, -0.1) is 10.2 Å². The zero-order chi connectivity index (χ0) is 75.9. The first kappa shape index (κ1) is 73.7. The first-order valence-electron chi connectivity index (χ1n) is 34.2. The third-order valence-electron chi connectivity index (χ3n) is 17.5. The second-order valence-electron chi connectivity index (χ2n) is 25.4. The van der Waals surface area contributed by atoms with E-state index in [1.807, 2.05) is 158 Å². The van der Waals surface area contributed by atoms with E-state index < -0.39 is 122 Å². The average molecular weight is 1470 g/mol. The van der Waals surface area contributed by atoms with Crippen LogP contribution in [0.5, 0.6) is 0 Å². The summed E-state index contributed by atoms with van der Waals surface area (Å²) in [6.07, 6.45) is -2.49. The number of hydrogen-bond donors (Lipinski definition) is 2. The van der Waals surface area contributed by atoms with E-state index >= 15 is 0 Å². The summed E-state index contributed by atoms with van der Waals surface area (Å²) in [6.45, 7) is 7.81. The Balaban J connectivity index is 0.835. The van der Waals surface area contributed by atoms with Gasteiger partial charge in [0.1, 0.15) is 36.8 Å². The predicted octanol–water partition coefficient (Wildman–Crippen LogP) is 9.68. The number of rotatable bonds is 22. The van der Waals surface area contributed by atoms with Gasteiger partial charge in [-0.3, -0.25) is 38.4 Å². The summed E-state index contributed by atoms with van der Waals surface area (Å²) in [7, 11) is 0. The number of aromatic amines is 2. The molecular formula is C78H72N10O20. The molecule has 5 aromatic heterocycles. The molecule has 554 valence electrons. The van der Waals surface area contributed by atoms with Gasteiger partial charge < -0.3 is 66.8 Å². The molecule has 4 aliphatic heterocycles. The molecular weight excluding hydrogens is 1400 g/mol. The minimum atomic E-state index is -1.44. The number of carbonyl (C=O) groups is 8. The van der Waals surface area contributed by atoms with Gasteiger partial charge in [0.2, 0.25) is 0 Å². The van der Waals surface area contributed by atoms with E-state index in [9.17, 15) is 38.4 Å². The number of nitrogens with zero attached hydrogens (tertiary/aromatic N) is 8. The molecule has 0 unspecified atom stereocenters. The van der Waals surface area contributed by atoms with Crippen LogP contribution in [-0.2, 0) is 108 Å². The van der Waals surface area contributed by atoms with E-state index in [0.717, 1.165) is 108 Å². The largest absolute Gasteiger partial charge is 0.463 e. The third kappa shape index (κ3) is 16.9. The number of nitrogens with one attached hydrogen (secondary N) is 2. The molecule has 9 heterocycles. The predicted molar refractivity (Wildman–Crippen MR) is 384 cm³/mol. The van der Waals surface area contributed by atoms with Gasteiger partial charge in [0.15, 0.2) is 49.2 Å². The van der Waals surface area contributed by atoms with Crippen LogP contribution in [0.4, 0.5) is 0 Å². The van der Waals surface area contributed by atoms with Crippen molar-refractivity contribution < 1.29 is 95.2 Å². The molecule has 30 nitrogen and oxygen atoms in total. The monoisotopic (exact) mass is 1470 g/mol. The fourth-order valence-electron chi connectivity index (χ4n) is 13.2. The van der Waals surface area contributed by atoms with Crippen LogP contribution in [0.15, 0.2) is 146 Å². The van der Waals surface area contributed by atoms with Gasteiger partial charge in [-0.2, -0.15) is 0 Å². The highest BCUT2D eigenvalue weighted by atomic mass is 16.7. The zero-order valence-electron chi connectivity index (χ0n) is 59.5. The Kier molecular flexibility index (Phi) is 22.1. The van der Waals surface area contributed by atoms with Gasteiger partial charge >= 0.3 is 47.8 Å². The zero-order valence-corrected chi connectivity index (χ0v) is 59.5. The van der Waals surface area contributed by atoms with Crippen molar-refractivity contribution in [2.45, 2.75) is 130 Å². The van der Waals surface area contributed by atoms with Crippen LogP contribution in [-0.4, -0.2) is 172 Å². The van der Waals surface area contributed by atoms with Crippen molar-refractivity contribution in [3.8, 4) is 55.9 Å². The molecule has 0 radical (unpaired) electrons. The molecule has 30 heteroatoms. The summed E-state index contributed by atoms with van der Waals surface area (Å²) >= 11 is 0. The molecule has 108 heavy (non-hydrogen) atoms. The number of benzene rings is 4. The molecule has 4 aromatic carbocycles. The molecule has 2 N–H and O–H groups in total.